The third-order valence-electron chi connectivity index (χ3n) is 6.23. The number of aryl methyl sites for hydroxylation is 4. The van der Waals surface area contributed by atoms with E-state index in [0.717, 1.165) is 16.7 Å². The molecule has 0 aliphatic heterocycles. The van der Waals surface area contributed by atoms with E-state index in [9.17, 15) is 13.2 Å². The molecule has 34 heavy (non-hydrogen) atoms. The average molecular weight is 479 g/mol. The molecular formula is C28H34N2O3S. The zero-order valence-corrected chi connectivity index (χ0v) is 21.4. The standard InChI is InChI=1S/C28H34N2O3S/c1-19-17-21(3)27(18-20(19)2)23(5)29-28(31)16-13-24-11-14-26(15-12-24)34(32,33)30-22(4)25-9-7-6-8-10-25/h6-12,14-15,17-18,22-23,30H,13,16H2,1-5H3,(H,29,31)/t22-,23-/m0/s1. The Morgan fingerprint density at radius 2 is 1.44 bits per heavy atom. The Bertz CT molecular complexity index is 1240. The summed E-state index contributed by atoms with van der Waals surface area (Å²) in [6, 6.07) is 20.1. The molecule has 0 saturated carbocycles. The second kappa shape index (κ2) is 11.0. The number of hydrogen-bond donors (Lipinski definition) is 2. The second-order valence-electron chi connectivity index (χ2n) is 8.98. The molecule has 2 N–H and O–H groups in total. The van der Waals surface area contributed by atoms with Crippen LogP contribution < -0.4 is 10.0 Å². The summed E-state index contributed by atoms with van der Waals surface area (Å²) in [5.74, 6) is -0.0276. The Labute approximate surface area is 203 Å². The van der Waals surface area contributed by atoms with Crippen molar-refractivity contribution in [1.29, 1.82) is 0 Å². The van der Waals surface area contributed by atoms with E-state index in [2.05, 4.69) is 42.9 Å². The van der Waals surface area contributed by atoms with E-state index in [1.165, 1.54) is 16.7 Å². The zero-order chi connectivity index (χ0) is 24.9. The number of nitrogens with one attached hydrogen (secondary N) is 2. The van der Waals surface area contributed by atoms with E-state index in [1.54, 1.807) is 24.3 Å². The van der Waals surface area contributed by atoms with Gasteiger partial charge in [-0.3, -0.25) is 4.79 Å². The summed E-state index contributed by atoms with van der Waals surface area (Å²) in [6.07, 6.45) is 0.877. The molecule has 2 atom stereocenters. The maximum atomic E-state index is 12.7. The molecule has 0 aliphatic carbocycles. The van der Waals surface area contributed by atoms with Crippen LogP contribution in [0.25, 0.3) is 0 Å². The summed E-state index contributed by atoms with van der Waals surface area (Å²) in [5, 5.41) is 3.08. The monoisotopic (exact) mass is 478 g/mol. The van der Waals surface area contributed by atoms with Crippen LogP contribution in [0.5, 0.6) is 0 Å². The van der Waals surface area contributed by atoms with E-state index in [-0.39, 0.29) is 22.9 Å². The van der Waals surface area contributed by atoms with E-state index in [4.69, 9.17) is 0 Å². The van der Waals surface area contributed by atoms with Crippen molar-refractivity contribution < 1.29 is 13.2 Å². The summed E-state index contributed by atoms with van der Waals surface area (Å²) in [6.45, 7) is 10.0. The molecule has 3 rings (SSSR count). The first-order chi connectivity index (χ1) is 16.1. The zero-order valence-electron chi connectivity index (χ0n) is 20.6. The molecule has 1 amide bonds. The van der Waals surface area contributed by atoms with Gasteiger partial charge in [0.05, 0.1) is 10.9 Å². The van der Waals surface area contributed by atoms with Crippen LogP contribution in [-0.4, -0.2) is 14.3 Å². The van der Waals surface area contributed by atoms with Gasteiger partial charge in [0.15, 0.2) is 0 Å². The minimum Gasteiger partial charge on any atom is -0.350 e. The van der Waals surface area contributed by atoms with Crippen LogP contribution in [0.3, 0.4) is 0 Å². The van der Waals surface area contributed by atoms with Crippen molar-refractivity contribution in [3.8, 4) is 0 Å². The summed E-state index contributed by atoms with van der Waals surface area (Å²) in [4.78, 5) is 12.7. The van der Waals surface area contributed by atoms with Crippen molar-refractivity contribution >= 4 is 15.9 Å². The van der Waals surface area contributed by atoms with Gasteiger partial charge >= 0.3 is 0 Å². The number of amides is 1. The Morgan fingerprint density at radius 3 is 2.09 bits per heavy atom. The topological polar surface area (TPSA) is 75.3 Å². The van der Waals surface area contributed by atoms with Crippen LogP contribution in [0.4, 0.5) is 0 Å². The van der Waals surface area contributed by atoms with Crippen molar-refractivity contribution in [3.05, 3.63) is 100 Å². The van der Waals surface area contributed by atoms with Crippen LogP contribution in [0.2, 0.25) is 0 Å². The van der Waals surface area contributed by atoms with E-state index in [1.807, 2.05) is 44.2 Å². The van der Waals surface area contributed by atoms with Crippen molar-refractivity contribution in [2.75, 3.05) is 0 Å². The maximum Gasteiger partial charge on any atom is 0.241 e. The maximum absolute atomic E-state index is 12.7. The highest BCUT2D eigenvalue weighted by atomic mass is 32.2. The predicted molar refractivity (Wildman–Crippen MR) is 137 cm³/mol. The lowest BCUT2D eigenvalue weighted by Gasteiger charge is -2.18. The van der Waals surface area contributed by atoms with E-state index in [0.29, 0.717) is 12.8 Å². The van der Waals surface area contributed by atoms with Gasteiger partial charge < -0.3 is 5.32 Å². The summed E-state index contributed by atoms with van der Waals surface area (Å²) < 4.78 is 28.2. The Kier molecular flexibility index (Phi) is 8.28. The first-order valence-electron chi connectivity index (χ1n) is 11.6. The summed E-state index contributed by atoms with van der Waals surface area (Å²) in [5.41, 5.74) is 6.57. The molecule has 0 fully saturated rings. The summed E-state index contributed by atoms with van der Waals surface area (Å²) >= 11 is 0. The van der Waals surface area contributed by atoms with Crippen LogP contribution >= 0.6 is 0 Å². The minimum atomic E-state index is -3.64. The second-order valence-corrected chi connectivity index (χ2v) is 10.7. The molecule has 0 aromatic heterocycles. The molecule has 3 aromatic carbocycles. The molecule has 3 aromatic rings. The number of hydrogen-bond acceptors (Lipinski definition) is 3. The molecule has 0 radical (unpaired) electrons. The molecule has 0 bridgehead atoms. The molecule has 0 heterocycles. The van der Waals surface area contributed by atoms with Crippen LogP contribution in [0, 0.1) is 20.8 Å². The van der Waals surface area contributed by atoms with Gasteiger partial charge in [-0.25, -0.2) is 13.1 Å². The third kappa shape index (κ3) is 6.55. The Morgan fingerprint density at radius 1 is 0.824 bits per heavy atom. The molecular weight excluding hydrogens is 444 g/mol. The van der Waals surface area contributed by atoms with Gasteiger partial charge in [-0.15, -0.1) is 0 Å². The van der Waals surface area contributed by atoms with Crippen LogP contribution in [0.15, 0.2) is 71.6 Å². The van der Waals surface area contributed by atoms with Crippen molar-refractivity contribution in [1.82, 2.24) is 10.0 Å². The molecule has 5 nitrogen and oxygen atoms in total. The number of rotatable bonds is 9. The first-order valence-corrected chi connectivity index (χ1v) is 13.1. The average Bonchev–Trinajstić information content (AvgIpc) is 2.80. The van der Waals surface area contributed by atoms with Gasteiger partial charge in [0.2, 0.25) is 15.9 Å². The Hall–Kier alpha value is -2.96. The van der Waals surface area contributed by atoms with Crippen molar-refractivity contribution in [2.45, 2.75) is 64.4 Å². The van der Waals surface area contributed by atoms with Gasteiger partial charge in [0, 0.05) is 12.5 Å². The molecule has 0 aliphatic rings. The fraction of sp³-hybridized carbons (Fsp3) is 0.321. The summed E-state index contributed by atoms with van der Waals surface area (Å²) in [7, 11) is -3.64. The highest BCUT2D eigenvalue weighted by Crippen LogP contribution is 2.22. The largest absolute Gasteiger partial charge is 0.350 e. The van der Waals surface area contributed by atoms with Crippen molar-refractivity contribution in [3.63, 3.8) is 0 Å². The fourth-order valence-electron chi connectivity index (χ4n) is 4.04. The molecule has 0 unspecified atom stereocenters. The van der Waals surface area contributed by atoms with Gasteiger partial charge in [-0.2, -0.15) is 0 Å². The SMILES string of the molecule is Cc1cc(C)c([C@H](C)NC(=O)CCc2ccc(S(=O)(=O)N[C@@H](C)c3ccccc3)cc2)cc1C. The van der Waals surface area contributed by atoms with Gasteiger partial charge in [0.1, 0.15) is 0 Å². The lowest BCUT2D eigenvalue weighted by molar-refractivity contribution is -0.121. The molecule has 180 valence electrons. The van der Waals surface area contributed by atoms with Crippen LogP contribution in [0.1, 0.15) is 65.7 Å². The molecule has 0 saturated heterocycles. The molecule has 0 spiro atoms. The fourth-order valence-corrected chi connectivity index (χ4v) is 5.28. The lowest BCUT2D eigenvalue weighted by Crippen LogP contribution is -2.27. The number of carbonyl (C=O) groups excluding carboxylic acids is 1. The first kappa shape index (κ1) is 25.7. The highest BCUT2D eigenvalue weighted by molar-refractivity contribution is 7.89. The molecule has 6 heteroatoms. The number of sulfonamides is 1. The third-order valence-corrected chi connectivity index (χ3v) is 7.79. The number of benzene rings is 3. The normalized spacial score (nSPS) is 13.3. The highest BCUT2D eigenvalue weighted by Gasteiger charge is 2.18. The van der Waals surface area contributed by atoms with Crippen molar-refractivity contribution in [2.24, 2.45) is 0 Å². The lowest BCUT2D eigenvalue weighted by atomic mass is 9.96. The number of carbonyl (C=O) groups is 1. The minimum absolute atomic E-state index is 0.0276. The van der Waals surface area contributed by atoms with E-state index >= 15 is 0 Å². The smallest absolute Gasteiger partial charge is 0.241 e. The van der Waals surface area contributed by atoms with E-state index < -0.39 is 10.0 Å². The quantitative estimate of drug-likeness (QED) is 0.429. The van der Waals surface area contributed by atoms with Gasteiger partial charge in [-0.05, 0) is 86.6 Å². The Balaban J connectivity index is 1.56. The van der Waals surface area contributed by atoms with Gasteiger partial charge in [0.25, 0.3) is 0 Å². The van der Waals surface area contributed by atoms with Gasteiger partial charge in [-0.1, -0.05) is 54.6 Å². The predicted octanol–water partition coefficient (Wildman–Crippen LogP) is 5.46. The van der Waals surface area contributed by atoms with Crippen LogP contribution in [-0.2, 0) is 21.2 Å².